The Bertz CT molecular complexity index is 448. The van der Waals surface area contributed by atoms with E-state index >= 15 is 0 Å². The molecule has 104 valence electrons. The quantitative estimate of drug-likeness (QED) is 0.714. The number of thioether (sulfide) groups is 1. The molecular formula is C12H19N5OS. The number of hydrogen-bond donors (Lipinski definition) is 3. The number of primary amides is 1. The second-order valence-electron chi connectivity index (χ2n) is 4.38. The van der Waals surface area contributed by atoms with Crippen molar-refractivity contribution < 1.29 is 4.79 Å². The fourth-order valence-corrected chi connectivity index (χ4v) is 2.88. The minimum atomic E-state index is -0.545. The van der Waals surface area contributed by atoms with Gasteiger partial charge in [0.1, 0.15) is 11.5 Å². The summed E-state index contributed by atoms with van der Waals surface area (Å²) < 4.78 is 0. The highest BCUT2D eigenvalue weighted by Crippen LogP contribution is 2.15. The highest BCUT2D eigenvalue weighted by Gasteiger charge is 2.10. The Hall–Kier alpha value is -1.47. The highest BCUT2D eigenvalue weighted by atomic mass is 32.2. The molecule has 1 aromatic rings. The molecule has 0 atom stereocenters. The van der Waals surface area contributed by atoms with Crippen molar-refractivity contribution in [1.82, 2.24) is 9.88 Å². The van der Waals surface area contributed by atoms with Crippen molar-refractivity contribution in [2.24, 2.45) is 5.73 Å². The van der Waals surface area contributed by atoms with Crippen LogP contribution in [-0.4, -0.2) is 53.5 Å². The number of aromatic nitrogens is 1. The number of nitrogen functional groups attached to an aromatic ring is 1. The number of rotatable bonds is 5. The van der Waals surface area contributed by atoms with Gasteiger partial charge in [-0.2, -0.15) is 11.8 Å². The first-order valence-electron chi connectivity index (χ1n) is 6.27. The van der Waals surface area contributed by atoms with Crippen LogP contribution in [0, 0.1) is 0 Å². The van der Waals surface area contributed by atoms with Crippen LogP contribution < -0.4 is 16.8 Å². The third kappa shape index (κ3) is 4.00. The zero-order chi connectivity index (χ0) is 13.7. The van der Waals surface area contributed by atoms with Crippen LogP contribution in [0.4, 0.5) is 11.5 Å². The molecule has 0 aromatic carbocycles. The second kappa shape index (κ2) is 6.63. The Morgan fingerprint density at radius 3 is 2.84 bits per heavy atom. The Balaban J connectivity index is 1.87. The molecule has 7 heteroatoms. The van der Waals surface area contributed by atoms with Crippen molar-refractivity contribution >= 4 is 29.2 Å². The molecule has 5 N–H and O–H groups in total. The molecule has 0 aliphatic carbocycles. The minimum Gasteiger partial charge on any atom is -0.396 e. The van der Waals surface area contributed by atoms with E-state index in [9.17, 15) is 4.79 Å². The van der Waals surface area contributed by atoms with Crippen molar-refractivity contribution in [1.29, 1.82) is 0 Å². The third-order valence-corrected chi connectivity index (χ3v) is 3.95. The van der Waals surface area contributed by atoms with Gasteiger partial charge in [0.15, 0.2) is 0 Å². The number of carbonyl (C=O) groups is 1. The van der Waals surface area contributed by atoms with E-state index in [-0.39, 0.29) is 5.69 Å². The van der Waals surface area contributed by atoms with Gasteiger partial charge in [-0.1, -0.05) is 0 Å². The summed E-state index contributed by atoms with van der Waals surface area (Å²) in [7, 11) is 0. The molecule has 1 saturated heterocycles. The van der Waals surface area contributed by atoms with Crippen molar-refractivity contribution in [2.75, 3.05) is 48.7 Å². The lowest BCUT2D eigenvalue weighted by molar-refractivity contribution is 0.0996. The van der Waals surface area contributed by atoms with Crippen molar-refractivity contribution in [3.05, 3.63) is 17.8 Å². The summed E-state index contributed by atoms with van der Waals surface area (Å²) >= 11 is 1.99. The second-order valence-corrected chi connectivity index (χ2v) is 5.60. The van der Waals surface area contributed by atoms with Gasteiger partial charge in [-0.15, -0.1) is 0 Å². The SMILES string of the molecule is NC(=O)c1ccc(N)c(NCCN2CCSCC2)n1. The normalized spacial score (nSPS) is 16.2. The molecule has 2 rings (SSSR count). The summed E-state index contributed by atoms with van der Waals surface area (Å²) in [6.07, 6.45) is 0. The number of amides is 1. The van der Waals surface area contributed by atoms with Crippen LogP contribution >= 0.6 is 11.8 Å². The van der Waals surface area contributed by atoms with Crippen molar-refractivity contribution in [3.8, 4) is 0 Å². The molecule has 0 saturated carbocycles. The third-order valence-electron chi connectivity index (χ3n) is 3.00. The van der Waals surface area contributed by atoms with Crippen LogP contribution in [0.3, 0.4) is 0 Å². The Labute approximate surface area is 116 Å². The lowest BCUT2D eigenvalue weighted by Crippen LogP contribution is -2.36. The Kier molecular flexibility index (Phi) is 4.86. The van der Waals surface area contributed by atoms with Crippen molar-refractivity contribution in [2.45, 2.75) is 0 Å². The fraction of sp³-hybridized carbons (Fsp3) is 0.500. The first kappa shape index (κ1) is 14.0. The standard InChI is InChI=1S/C12H19N5OS/c13-9-1-2-10(11(14)18)16-12(9)15-3-4-17-5-7-19-8-6-17/h1-2H,3-8,13H2,(H2,14,18)(H,15,16). The minimum absolute atomic E-state index is 0.228. The summed E-state index contributed by atoms with van der Waals surface area (Å²) in [5.74, 6) is 2.37. The zero-order valence-electron chi connectivity index (χ0n) is 10.8. The van der Waals surface area contributed by atoms with Gasteiger partial charge < -0.3 is 16.8 Å². The maximum absolute atomic E-state index is 11.1. The molecule has 0 spiro atoms. The van der Waals surface area contributed by atoms with E-state index in [2.05, 4.69) is 15.2 Å². The molecule has 0 unspecified atom stereocenters. The molecule has 6 nitrogen and oxygen atoms in total. The highest BCUT2D eigenvalue weighted by molar-refractivity contribution is 7.99. The molecule has 0 radical (unpaired) electrons. The molecule has 1 aromatic heterocycles. The molecule has 1 amide bonds. The van der Waals surface area contributed by atoms with Gasteiger partial charge in [0.25, 0.3) is 5.91 Å². The van der Waals surface area contributed by atoms with E-state index in [0.29, 0.717) is 11.5 Å². The molecule has 1 fully saturated rings. The molecule has 2 heterocycles. The lowest BCUT2D eigenvalue weighted by atomic mass is 10.3. The Morgan fingerprint density at radius 1 is 1.42 bits per heavy atom. The first-order valence-corrected chi connectivity index (χ1v) is 7.42. The van der Waals surface area contributed by atoms with Gasteiger partial charge in [-0.25, -0.2) is 4.98 Å². The van der Waals surface area contributed by atoms with Crippen LogP contribution in [-0.2, 0) is 0 Å². The van der Waals surface area contributed by atoms with Crippen LogP contribution in [0.1, 0.15) is 10.5 Å². The largest absolute Gasteiger partial charge is 0.396 e. The lowest BCUT2D eigenvalue weighted by Gasteiger charge is -2.26. The van der Waals surface area contributed by atoms with Crippen LogP contribution in [0.15, 0.2) is 12.1 Å². The van der Waals surface area contributed by atoms with E-state index in [1.165, 1.54) is 17.6 Å². The van der Waals surface area contributed by atoms with Crippen molar-refractivity contribution in [3.63, 3.8) is 0 Å². The van der Waals surface area contributed by atoms with Gasteiger partial charge in [0.05, 0.1) is 5.69 Å². The number of nitrogens with zero attached hydrogens (tertiary/aromatic N) is 2. The van der Waals surface area contributed by atoms with Crippen LogP contribution in [0.5, 0.6) is 0 Å². The molecule has 1 aliphatic rings. The van der Waals surface area contributed by atoms with Gasteiger partial charge >= 0.3 is 0 Å². The van der Waals surface area contributed by atoms with E-state index in [0.717, 1.165) is 26.2 Å². The number of pyridine rings is 1. The molecular weight excluding hydrogens is 262 g/mol. The number of hydrogen-bond acceptors (Lipinski definition) is 6. The van der Waals surface area contributed by atoms with E-state index in [1.807, 2.05) is 11.8 Å². The maximum Gasteiger partial charge on any atom is 0.267 e. The molecule has 1 aliphatic heterocycles. The molecule has 0 bridgehead atoms. The van der Waals surface area contributed by atoms with E-state index in [1.54, 1.807) is 6.07 Å². The number of nitrogens with two attached hydrogens (primary N) is 2. The first-order chi connectivity index (χ1) is 9.16. The molecule has 19 heavy (non-hydrogen) atoms. The summed E-state index contributed by atoms with van der Waals surface area (Å²) in [5, 5.41) is 3.16. The van der Waals surface area contributed by atoms with E-state index < -0.39 is 5.91 Å². The predicted octanol–water partition coefficient (Wildman–Crippen LogP) is 0.223. The average Bonchev–Trinajstić information content (AvgIpc) is 2.42. The smallest absolute Gasteiger partial charge is 0.267 e. The summed E-state index contributed by atoms with van der Waals surface area (Å²) in [5.41, 5.74) is 11.8. The van der Waals surface area contributed by atoms with Gasteiger partial charge in [-0.3, -0.25) is 9.69 Å². The van der Waals surface area contributed by atoms with Crippen LogP contribution in [0.25, 0.3) is 0 Å². The summed E-state index contributed by atoms with van der Waals surface area (Å²) in [4.78, 5) is 17.6. The van der Waals surface area contributed by atoms with E-state index in [4.69, 9.17) is 11.5 Å². The van der Waals surface area contributed by atoms with Gasteiger partial charge in [0, 0.05) is 37.7 Å². The topological polar surface area (TPSA) is 97.3 Å². The maximum atomic E-state index is 11.1. The van der Waals surface area contributed by atoms with Crippen LogP contribution in [0.2, 0.25) is 0 Å². The summed E-state index contributed by atoms with van der Waals surface area (Å²) in [6.45, 7) is 3.94. The fourth-order valence-electron chi connectivity index (χ4n) is 1.91. The summed E-state index contributed by atoms with van der Waals surface area (Å²) in [6, 6.07) is 3.18. The number of carbonyl (C=O) groups excluding carboxylic acids is 1. The number of nitrogens with one attached hydrogen (secondary N) is 1. The number of anilines is 2. The van der Waals surface area contributed by atoms with Gasteiger partial charge in [-0.05, 0) is 12.1 Å². The average molecular weight is 281 g/mol. The Morgan fingerprint density at radius 2 is 2.16 bits per heavy atom. The monoisotopic (exact) mass is 281 g/mol. The predicted molar refractivity (Wildman–Crippen MR) is 79.4 cm³/mol. The van der Waals surface area contributed by atoms with Gasteiger partial charge in [0.2, 0.25) is 0 Å². The zero-order valence-corrected chi connectivity index (χ0v) is 11.6.